The smallest absolute Gasteiger partial charge is 0.411 e. The second kappa shape index (κ2) is 6.98. The van der Waals surface area contributed by atoms with Crippen LogP contribution in [0.15, 0.2) is 24.8 Å². The average molecular weight is 377 g/mol. The number of carbonyl (C=O) groups is 2. The first-order valence-corrected chi connectivity index (χ1v) is 6.23. The fraction of sp³-hybridized carbons (Fsp3) is 0.167. The van der Waals surface area contributed by atoms with Crippen molar-refractivity contribution in [3.8, 4) is 5.75 Å². The van der Waals surface area contributed by atoms with Crippen molar-refractivity contribution in [3.63, 3.8) is 0 Å². The first-order chi connectivity index (χ1) is 8.99. The van der Waals surface area contributed by atoms with E-state index in [1.807, 2.05) is 22.6 Å². The van der Waals surface area contributed by atoms with Gasteiger partial charge in [0.15, 0.2) is 0 Å². The Morgan fingerprint density at radius 2 is 2.21 bits per heavy atom. The third-order valence-electron chi connectivity index (χ3n) is 2.09. The molecule has 7 heteroatoms. The third-order valence-corrected chi connectivity index (χ3v) is 2.93. The Morgan fingerprint density at radius 1 is 1.53 bits per heavy atom. The summed E-state index contributed by atoms with van der Waals surface area (Å²) in [5.41, 5.74) is 0.0691. The molecule has 0 aliphatic heterocycles. The second-order valence-corrected chi connectivity index (χ2v) is 4.51. The summed E-state index contributed by atoms with van der Waals surface area (Å²) in [6.45, 7) is 3.44. The van der Waals surface area contributed by atoms with Crippen molar-refractivity contribution in [3.05, 3.63) is 33.9 Å². The Morgan fingerprint density at radius 3 is 2.74 bits per heavy atom. The van der Waals surface area contributed by atoms with Crippen molar-refractivity contribution >= 4 is 40.3 Å². The van der Waals surface area contributed by atoms with Crippen LogP contribution in [0, 0.1) is 3.57 Å². The summed E-state index contributed by atoms with van der Waals surface area (Å²) in [6, 6.07) is 2.84. The number of carboxylic acid groups (broad SMARTS) is 1. The molecule has 0 spiro atoms. The highest BCUT2D eigenvalue weighted by Crippen LogP contribution is 2.28. The zero-order chi connectivity index (χ0) is 14.4. The van der Waals surface area contributed by atoms with E-state index in [1.165, 1.54) is 25.3 Å². The summed E-state index contributed by atoms with van der Waals surface area (Å²) in [6.07, 6.45) is 0.650. The van der Waals surface area contributed by atoms with E-state index in [4.69, 9.17) is 14.6 Å². The molecule has 0 bridgehead atoms. The van der Waals surface area contributed by atoms with Gasteiger partial charge in [0.25, 0.3) is 0 Å². The highest BCUT2D eigenvalue weighted by molar-refractivity contribution is 14.1. The average Bonchev–Trinajstić information content (AvgIpc) is 2.37. The number of aromatic carboxylic acids is 1. The van der Waals surface area contributed by atoms with Crippen molar-refractivity contribution in [1.82, 2.24) is 0 Å². The molecule has 0 fully saturated rings. The van der Waals surface area contributed by atoms with Gasteiger partial charge in [0.1, 0.15) is 12.4 Å². The highest BCUT2D eigenvalue weighted by atomic mass is 127. The Kier molecular flexibility index (Phi) is 5.61. The maximum atomic E-state index is 11.4. The van der Waals surface area contributed by atoms with Gasteiger partial charge in [-0.05, 0) is 28.7 Å². The van der Waals surface area contributed by atoms with Gasteiger partial charge in [-0.3, -0.25) is 5.32 Å². The molecule has 0 atom stereocenters. The Bertz CT molecular complexity index is 515. The van der Waals surface area contributed by atoms with Crippen LogP contribution in [-0.2, 0) is 4.74 Å². The number of halogens is 1. The van der Waals surface area contributed by atoms with E-state index in [1.54, 1.807) is 0 Å². The van der Waals surface area contributed by atoms with E-state index in [-0.39, 0.29) is 17.9 Å². The molecular weight excluding hydrogens is 365 g/mol. The minimum Gasteiger partial charge on any atom is -0.496 e. The molecule has 2 N–H and O–H groups in total. The summed E-state index contributed by atoms with van der Waals surface area (Å²) < 4.78 is 10.4. The van der Waals surface area contributed by atoms with Crippen molar-refractivity contribution in [2.75, 3.05) is 19.0 Å². The molecule has 102 valence electrons. The maximum absolute atomic E-state index is 11.4. The van der Waals surface area contributed by atoms with Crippen molar-refractivity contribution in [2.45, 2.75) is 0 Å². The van der Waals surface area contributed by atoms with Gasteiger partial charge in [0, 0.05) is 6.07 Å². The largest absolute Gasteiger partial charge is 0.496 e. The normalized spacial score (nSPS) is 9.58. The summed E-state index contributed by atoms with van der Waals surface area (Å²) in [4.78, 5) is 22.5. The molecule has 0 aliphatic carbocycles. The van der Waals surface area contributed by atoms with Crippen LogP contribution in [0.25, 0.3) is 0 Å². The Balaban J connectivity index is 3.06. The molecule has 19 heavy (non-hydrogen) atoms. The van der Waals surface area contributed by atoms with Gasteiger partial charge in [0.2, 0.25) is 0 Å². The van der Waals surface area contributed by atoms with Crippen LogP contribution in [0.4, 0.5) is 10.5 Å². The number of carbonyl (C=O) groups excluding carboxylic acids is 1. The van der Waals surface area contributed by atoms with Crippen molar-refractivity contribution < 1.29 is 24.2 Å². The SMILES string of the molecule is C=CCOC(=O)Nc1cc(OC)c(I)cc1C(=O)O. The molecule has 0 heterocycles. The number of hydrogen-bond donors (Lipinski definition) is 2. The van der Waals surface area contributed by atoms with Crippen LogP contribution in [-0.4, -0.2) is 30.9 Å². The van der Waals surface area contributed by atoms with Crippen molar-refractivity contribution in [2.24, 2.45) is 0 Å². The number of amides is 1. The van der Waals surface area contributed by atoms with Gasteiger partial charge in [-0.1, -0.05) is 12.7 Å². The molecule has 1 rings (SSSR count). The van der Waals surface area contributed by atoms with Crippen LogP contribution in [0.2, 0.25) is 0 Å². The number of anilines is 1. The molecule has 1 aromatic rings. The topological polar surface area (TPSA) is 84.9 Å². The van der Waals surface area contributed by atoms with E-state index >= 15 is 0 Å². The number of rotatable bonds is 5. The monoisotopic (exact) mass is 377 g/mol. The number of methoxy groups -OCH3 is 1. The lowest BCUT2D eigenvalue weighted by molar-refractivity contribution is 0.0698. The molecule has 0 aromatic heterocycles. The zero-order valence-corrected chi connectivity index (χ0v) is 12.3. The standard InChI is InChI=1S/C12H12INO5/c1-3-4-19-12(17)14-9-6-10(18-2)8(13)5-7(9)11(15)16/h3,5-6H,1,4H2,2H3,(H,14,17)(H,15,16). The highest BCUT2D eigenvalue weighted by Gasteiger charge is 2.16. The molecule has 0 saturated carbocycles. The quantitative estimate of drug-likeness (QED) is 0.609. The van der Waals surface area contributed by atoms with Gasteiger partial charge in [0.05, 0.1) is 21.9 Å². The lowest BCUT2D eigenvalue weighted by Crippen LogP contribution is -2.16. The molecule has 1 aromatic carbocycles. The number of ether oxygens (including phenoxy) is 2. The van der Waals surface area contributed by atoms with Gasteiger partial charge in [-0.15, -0.1) is 0 Å². The molecule has 0 radical (unpaired) electrons. The zero-order valence-electron chi connectivity index (χ0n) is 10.1. The molecular formula is C12H12INO5. The summed E-state index contributed by atoms with van der Waals surface area (Å²) in [5.74, 6) is -0.691. The van der Waals surface area contributed by atoms with E-state index in [2.05, 4.69) is 11.9 Å². The minimum absolute atomic E-state index is 0.0374. The first-order valence-electron chi connectivity index (χ1n) is 5.15. The Labute approximate surface area is 123 Å². The van der Waals surface area contributed by atoms with Gasteiger partial charge in [-0.25, -0.2) is 9.59 Å². The molecule has 0 saturated heterocycles. The summed E-state index contributed by atoms with van der Waals surface area (Å²) >= 11 is 1.95. The van der Waals surface area contributed by atoms with Crippen LogP contribution in [0.5, 0.6) is 5.75 Å². The number of benzene rings is 1. The number of nitrogens with one attached hydrogen (secondary N) is 1. The fourth-order valence-corrected chi connectivity index (χ4v) is 1.96. The van der Waals surface area contributed by atoms with Crippen molar-refractivity contribution in [1.29, 1.82) is 0 Å². The predicted octanol–water partition coefficient (Wildman–Crippen LogP) is 2.73. The molecule has 1 amide bonds. The first kappa shape index (κ1) is 15.3. The third kappa shape index (κ3) is 4.12. The molecule has 0 aliphatic rings. The van der Waals surface area contributed by atoms with E-state index in [0.717, 1.165) is 0 Å². The molecule has 0 unspecified atom stereocenters. The fourth-order valence-electron chi connectivity index (χ4n) is 1.27. The minimum atomic E-state index is -1.15. The summed E-state index contributed by atoms with van der Waals surface area (Å²) in [5, 5.41) is 11.4. The second-order valence-electron chi connectivity index (χ2n) is 3.35. The van der Waals surface area contributed by atoms with Crippen LogP contribution in [0.1, 0.15) is 10.4 Å². The van der Waals surface area contributed by atoms with Crippen LogP contribution < -0.4 is 10.1 Å². The lowest BCUT2D eigenvalue weighted by Gasteiger charge is -2.11. The lowest BCUT2D eigenvalue weighted by atomic mass is 10.1. The van der Waals surface area contributed by atoms with Crippen LogP contribution in [0.3, 0.4) is 0 Å². The van der Waals surface area contributed by atoms with E-state index in [9.17, 15) is 9.59 Å². The Hall–Kier alpha value is -1.77. The predicted molar refractivity (Wildman–Crippen MR) is 77.8 cm³/mol. The van der Waals surface area contributed by atoms with Gasteiger partial charge in [-0.2, -0.15) is 0 Å². The van der Waals surface area contributed by atoms with Gasteiger partial charge >= 0.3 is 12.1 Å². The van der Waals surface area contributed by atoms with Crippen LogP contribution >= 0.6 is 22.6 Å². The maximum Gasteiger partial charge on any atom is 0.411 e. The van der Waals surface area contributed by atoms with Gasteiger partial charge < -0.3 is 14.6 Å². The summed E-state index contributed by atoms with van der Waals surface area (Å²) in [7, 11) is 1.46. The van der Waals surface area contributed by atoms with E-state index < -0.39 is 12.1 Å². The number of hydrogen-bond acceptors (Lipinski definition) is 4. The number of carboxylic acids is 1. The molecule has 6 nitrogen and oxygen atoms in total. The van der Waals surface area contributed by atoms with E-state index in [0.29, 0.717) is 9.32 Å².